The molecule has 0 aromatic rings. The fraction of sp³-hybridized carbons (Fsp3) is 0.750. The number of nitriles is 1. The predicted molar refractivity (Wildman–Crippen MR) is 81.2 cm³/mol. The molecule has 2 atom stereocenters. The first kappa shape index (κ1) is 18.5. The molecule has 4 nitrogen and oxygen atoms in total. The second kappa shape index (κ2) is 8.63. The van der Waals surface area contributed by atoms with Crippen molar-refractivity contribution in [2.24, 2.45) is 5.92 Å². The number of nitrogens with zero attached hydrogens (tertiary/aromatic N) is 2. The van der Waals surface area contributed by atoms with E-state index >= 15 is 0 Å². The Labute approximate surface area is 123 Å². The van der Waals surface area contributed by atoms with Crippen LogP contribution in [0.2, 0.25) is 0 Å². The molecule has 0 N–H and O–H groups in total. The third-order valence-corrected chi connectivity index (χ3v) is 3.17. The van der Waals surface area contributed by atoms with Crippen LogP contribution in [0.4, 0.5) is 4.79 Å². The number of amides is 1. The summed E-state index contributed by atoms with van der Waals surface area (Å²) in [4.78, 5) is 14.0. The van der Waals surface area contributed by atoms with Gasteiger partial charge in [0.1, 0.15) is 5.60 Å². The van der Waals surface area contributed by atoms with E-state index in [9.17, 15) is 4.79 Å². The minimum absolute atomic E-state index is 0.115. The summed E-state index contributed by atoms with van der Waals surface area (Å²) in [6.45, 7) is 12.1. The van der Waals surface area contributed by atoms with Crippen molar-refractivity contribution >= 4 is 6.09 Å². The average molecular weight is 280 g/mol. The average Bonchev–Trinajstić information content (AvgIpc) is 2.34. The molecular formula is C16H28N2O2. The zero-order valence-electron chi connectivity index (χ0n) is 13.6. The Morgan fingerprint density at radius 3 is 2.45 bits per heavy atom. The molecule has 0 aliphatic rings. The largest absolute Gasteiger partial charge is 0.444 e. The lowest BCUT2D eigenvalue weighted by atomic mass is 9.95. The molecule has 0 heterocycles. The molecule has 0 fully saturated rings. The zero-order chi connectivity index (χ0) is 15.8. The first-order valence-electron chi connectivity index (χ1n) is 7.24. The van der Waals surface area contributed by atoms with Crippen LogP contribution in [0.25, 0.3) is 0 Å². The van der Waals surface area contributed by atoms with E-state index in [4.69, 9.17) is 10.00 Å². The lowest BCUT2D eigenvalue weighted by Crippen LogP contribution is -2.46. The SMILES string of the molecule is C/C=C\CN(C(=O)OC(C)(C)C)C(CC#N)[C@@H](C)CC. The van der Waals surface area contributed by atoms with Gasteiger partial charge in [-0.3, -0.25) is 0 Å². The summed E-state index contributed by atoms with van der Waals surface area (Å²) in [5, 5.41) is 9.02. The van der Waals surface area contributed by atoms with Crippen molar-refractivity contribution in [2.45, 2.75) is 66.0 Å². The Bertz CT molecular complexity index is 364. The van der Waals surface area contributed by atoms with Crippen LogP contribution in [-0.2, 0) is 4.74 Å². The van der Waals surface area contributed by atoms with Crippen LogP contribution in [0, 0.1) is 17.2 Å². The lowest BCUT2D eigenvalue weighted by Gasteiger charge is -2.34. The maximum absolute atomic E-state index is 12.4. The van der Waals surface area contributed by atoms with Crippen molar-refractivity contribution < 1.29 is 9.53 Å². The van der Waals surface area contributed by atoms with Crippen molar-refractivity contribution in [3.63, 3.8) is 0 Å². The molecule has 114 valence electrons. The molecule has 0 aliphatic heterocycles. The summed E-state index contributed by atoms with van der Waals surface area (Å²) in [6.07, 6.45) is 4.71. The molecule has 0 rings (SSSR count). The molecule has 1 amide bonds. The molecule has 0 bridgehead atoms. The molecule has 0 aliphatic carbocycles. The quantitative estimate of drug-likeness (QED) is 0.687. The summed E-state index contributed by atoms with van der Waals surface area (Å²) in [6, 6.07) is 2.07. The van der Waals surface area contributed by atoms with Gasteiger partial charge in [0.2, 0.25) is 0 Å². The maximum atomic E-state index is 12.4. The van der Waals surface area contributed by atoms with Crippen LogP contribution in [0.1, 0.15) is 54.4 Å². The van der Waals surface area contributed by atoms with E-state index in [1.54, 1.807) is 4.90 Å². The number of rotatable bonds is 6. The smallest absolute Gasteiger partial charge is 0.410 e. The van der Waals surface area contributed by atoms with Crippen molar-refractivity contribution in [2.75, 3.05) is 6.54 Å². The van der Waals surface area contributed by atoms with Gasteiger partial charge in [-0.1, -0.05) is 32.4 Å². The van der Waals surface area contributed by atoms with Gasteiger partial charge in [0.05, 0.1) is 18.5 Å². The third-order valence-electron chi connectivity index (χ3n) is 3.17. The normalized spacial score (nSPS) is 14.7. The van der Waals surface area contributed by atoms with Crippen molar-refractivity contribution in [3.05, 3.63) is 12.2 Å². The van der Waals surface area contributed by atoms with Gasteiger partial charge in [-0.05, 0) is 33.6 Å². The van der Waals surface area contributed by atoms with E-state index in [1.807, 2.05) is 39.8 Å². The molecular weight excluding hydrogens is 252 g/mol. The van der Waals surface area contributed by atoms with Crippen LogP contribution in [-0.4, -0.2) is 29.2 Å². The Kier molecular flexibility index (Phi) is 7.98. The number of allylic oxidation sites excluding steroid dienone is 1. The van der Waals surface area contributed by atoms with Gasteiger partial charge >= 0.3 is 6.09 Å². The van der Waals surface area contributed by atoms with Gasteiger partial charge in [0.15, 0.2) is 0 Å². The number of hydrogen-bond donors (Lipinski definition) is 0. The second-order valence-electron chi connectivity index (χ2n) is 6.02. The zero-order valence-corrected chi connectivity index (χ0v) is 13.6. The minimum atomic E-state index is -0.530. The van der Waals surface area contributed by atoms with E-state index < -0.39 is 5.60 Å². The summed E-state index contributed by atoms with van der Waals surface area (Å²) >= 11 is 0. The van der Waals surface area contributed by atoms with Gasteiger partial charge in [0, 0.05) is 6.54 Å². The highest BCUT2D eigenvalue weighted by Gasteiger charge is 2.30. The Balaban J connectivity index is 5.17. The van der Waals surface area contributed by atoms with Gasteiger partial charge in [-0.25, -0.2) is 4.79 Å². The fourth-order valence-corrected chi connectivity index (χ4v) is 1.87. The molecule has 20 heavy (non-hydrogen) atoms. The Morgan fingerprint density at radius 2 is 2.05 bits per heavy atom. The van der Waals surface area contributed by atoms with E-state index in [2.05, 4.69) is 19.9 Å². The molecule has 0 aromatic heterocycles. The van der Waals surface area contributed by atoms with Crippen molar-refractivity contribution in [1.82, 2.24) is 4.90 Å². The molecule has 0 saturated heterocycles. The summed E-state index contributed by atoms with van der Waals surface area (Å²) < 4.78 is 5.46. The first-order valence-corrected chi connectivity index (χ1v) is 7.24. The lowest BCUT2D eigenvalue weighted by molar-refractivity contribution is 0.0135. The topological polar surface area (TPSA) is 53.3 Å². The Morgan fingerprint density at radius 1 is 1.45 bits per heavy atom. The highest BCUT2D eigenvalue weighted by molar-refractivity contribution is 5.69. The van der Waals surface area contributed by atoms with Crippen LogP contribution in [0.5, 0.6) is 0 Å². The van der Waals surface area contributed by atoms with E-state index in [0.29, 0.717) is 13.0 Å². The highest BCUT2D eigenvalue weighted by atomic mass is 16.6. The first-order chi connectivity index (χ1) is 9.26. The molecule has 0 aromatic carbocycles. The number of carbonyl (C=O) groups is 1. The van der Waals surface area contributed by atoms with Crippen LogP contribution in [0.3, 0.4) is 0 Å². The number of ether oxygens (including phenoxy) is 1. The summed E-state index contributed by atoms with van der Waals surface area (Å²) in [7, 11) is 0. The molecule has 0 radical (unpaired) electrons. The molecule has 0 saturated carbocycles. The number of carbonyl (C=O) groups excluding carboxylic acids is 1. The van der Waals surface area contributed by atoms with Crippen molar-refractivity contribution in [3.8, 4) is 6.07 Å². The number of hydrogen-bond acceptors (Lipinski definition) is 3. The summed E-state index contributed by atoms with van der Waals surface area (Å²) in [5.41, 5.74) is -0.530. The van der Waals surface area contributed by atoms with Crippen LogP contribution < -0.4 is 0 Å². The highest BCUT2D eigenvalue weighted by Crippen LogP contribution is 2.21. The van der Waals surface area contributed by atoms with E-state index in [1.165, 1.54) is 0 Å². The molecule has 0 spiro atoms. The third kappa shape index (κ3) is 6.60. The van der Waals surface area contributed by atoms with Gasteiger partial charge < -0.3 is 9.64 Å². The standard InChI is InChI=1S/C16H28N2O2/c1-7-9-12-18(15(19)20-16(4,5)6)14(10-11-17)13(3)8-2/h7,9,13-14H,8,10,12H2,1-6H3/b9-7-/t13-,14?/m0/s1. The van der Waals surface area contributed by atoms with Crippen LogP contribution >= 0.6 is 0 Å². The van der Waals surface area contributed by atoms with E-state index in [-0.39, 0.29) is 18.1 Å². The van der Waals surface area contributed by atoms with Gasteiger partial charge in [-0.2, -0.15) is 5.26 Å². The maximum Gasteiger partial charge on any atom is 0.410 e. The molecule has 1 unspecified atom stereocenters. The fourth-order valence-electron chi connectivity index (χ4n) is 1.87. The predicted octanol–water partition coefficient (Wildman–Crippen LogP) is 4.13. The minimum Gasteiger partial charge on any atom is -0.444 e. The molecule has 4 heteroatoms. The van der Waals surface area contributed by atoms with Gasteiger partial charge in [0.25, 0.3) is 0 Å². The Hall–Kier alpha value is -1.50. The van der Waals surface area contributed by atoms with Crippen LogP contribution in [0.15, 0.2) is 12.2 Å². The second-order valence-corrected chi connectivity index (χ2v) is 6.02. The summed E-state index contributed by atoms with van der Waals surface area (Å²) in [5.74, 6) is 0.257. The van der Waals surface area contributed by atoms with Gasteiger partial charge in [-0.15, -0.1) is 0 Å². The van der Waals surface area contributed by atoms with E-state index in [0.717, 1.165) is 6.42 Å². The van der Waals surface area contributed by atoms with Crippen molar-refractivity contribution in [1.29, 1.82) is 5.26 Å². The monoisotopic (exact) mass is 280 g/mol.